The number of carbonyl (C=O) groups excluding carboxylic acids is 1. The zero-order chi connectivity index (χ0) is 20.9. The van der Waals surface area contributed by atoms with E-state index in [1.165, 1.54) is 18.4 Å². The Morgan fingerprint density at radius 3 is 2.60 bits per heavy atom. The fraction of sp³-hybridized carbons (Fsp3) is 0.609. The summed E-state index contributed by atoms with van der Waals surface area (Å²) in [5.41, 5.74) is 2.42. The van der Waals surface area contributed by atoms with Crippen LogP contribution in [0.1, 0.15) is 36.8 Å². The molecule has 4 heterocycles. The van der Waals surface area contributed by atoms with Crippen LogP contribution in [0.3, 0.4) is 0 Å². The molecule has 162 valence electrons. The Bertz CT molecular complexity index is 814. The number of amides is 1. The summed E-state index contributed by atoms with van der Waals surface area (Å²) in [6, 6.07) is 4.82. The molecule has 2 aliphatic rings. The van der Waals surface area contributed by atoms with E-state index in [0.717, 1.165) is 51.1 Å². The normalized spacial score (nSPS) is 21.6. The zero-order valence-electron chi connectivity index (χ0n) is 18.3. The maximum absolute atomic E-state index is 13.1. The summed E-state index contributed by atoms with van der Waals surface area (Å²) >= 11 is 0. The third-order valence-corrected chi connectivity index (χ3v) is 6.59. The van der Waals surface area contributed by atoms with Crippen LogP contribution < -0.4 is 0 Å². The molecule has 0 spiro atoms. The van der Waals surface area contributed by atoms with Crippen LogP contribution in [0.2, 0.25) is 0 Å². The van der Waals surface area contributed by atoms with E-state index in [-0.39, 0.29) is 11.8 Å². The zero-order valence-corrected chi connectivity index (χ0v) is 18.3. The standard InChI is InChI=1S/C23H34N6O/c1-26(15-20-14-25-27(2)16-20)23(30)21-4-3-11-29(18-21)22-7-12-28(13-8-22)17-19-5-9-24-10-6-19/h5-6,9-10,14,16,21-22H,3-4,7-8,11-13,15,17-18H2,1-2H3/t21-/m1/s1. The van der Waals surface area contributed by atoms with Gasteiger partial charge in [-0.1, -0.05) is 0 Å². The Morgan fingerprint density at radius 2 is 1.90 bits per heavy atom. The van der Waals surface area contributed by atoms with Crippen molar-refractivity contribution in [3.05, 3.63) is 48.0 Å². The van der Waals surface area contributed by atoms with Crippen LogP contribution in [-0.2, 0) is 24.9 Å². The topological polar surface area (TPSA) is 57.5 Å². The lowest BCUT2D eigenvalue weighted by molar-refractivity contribution is -0.137. The van der Waals surface area contributed by atoms with Crippen molar-refractivity contribution in [1.29, 1.82) is 0 Å². The van der Waals surface area contributed by atoms with Crippen LogP contribution in [0.25, 0.3) is 0 Å². The highest BCUT2D eigenvalue weighted by molar-refractivity contribution is 5.78. The first kappa shape index (κ1) is 21.0. The molecular weight excluding hydrogens is 376 g/mol. The molecule has 0 saturated carbocycles. The highest BCUT2D eigenvalue weighted by atomic mass is 16.2. The Balaban J connectivity index is 1.26. The quantitative estimate of drug-likeness (QED) is 0.730. The molecule has 1 atom stereocenters. The molecule has 0 bridgehead atoms. The lowest BCUT2D eigenvalue weighted by atomic mass is 9.92. The molecule has 0 N–H and O–H groups in total. The van der Waals surface area contributed by atoms with Gasteiger partial charge in [-0.3, -0.25) is 24.3 Å². The van der Waals surface area contributed by atoms with Gasteiger partial charge in [-0.05, 0) is 63.0 Å². The molecule has 0 radical (unpaired) electrons. The number of piperidine rings is 2. The van der Waals surface area contributed by atoms with Gasteiger partial charge in [0.05, 0.1) is 12.1 Å². The number of hydrogen-bond acceptors (Lipinski definition) is 5. The summed E-state index contributed by atoms with van der Waals surface area (Å²) < 4.78 is 1.79. The van der Waals surface area contributed by atoms with Gasteiger partial charge in [-0.15, -0.1) is 0 Å². The number of carbonyl (C=O) groups is 1. The summed E-state index contributed by atoms with van der Waals surface area (Å²) in [7, 11) is 3.83. The number of likely N-dealkylation sites (tertiary alicyclic amines) is 2. The van der Waals surface area contributed by atoms with Gasteiger partial charge in [0, 0.05) is 63.9 Å². The Kier molecular flexibility index (Phi) is 6.79. The van der Waals surface area contributed by atoms with Gasteiger partial charge in [-0.2, -0.15) is 5.10 Å². The van der Waals surface area contributed by atoms with Gasteiger partial charge < -0.3 is 4.90 Å². The minimum Gasteiger partial charge on any atom is -0.341 e. The molecule has 1 amide bonds. The second kappa shape index (κ2) is 9.71. The highest BCUT2D eigenvalue weighted by Crippen LogP contribution is 2.25. The molecule has 0 aliphatic carbocycles. The van der Waals surface area contributed by atoms with E-state index in [0.29, 0.717) is 12.6 Å². The largest absolute Gasteiger partial charge is 0.341 e. The SMILES string of the molecule is CN(Cc1cnn(C)c1)C(=O)[C@@H]1CCCN(C2CCN(Cc3ccncc3)CC2)C1. The molecule has 0 unspecified atom stereocenters. The molecule has 4 rings (SSSR count). The Labute approximate surface area is 179 Å². The number of rotatable bonds is 6. The molecule has 2 aromatic rings. The molecular formula is C23H34N6O. The molecule has 2 aliphatic heterocycles. The lowest BCUT2D eigenvalue weighted by Gasteiger charge is -2.42. The van der Waals surface area contributed by atoms with Crippen LogP contribution in [0.5, 0.6) is 0 Å². The fourth-order valence-corrected chi connectivity index (χ4v) is 4.95. The van der Waals surface area contributed by atoms with Crippen LogP contribution in [0.15, 0.2) is 36.9 Å². The van der Waals surface area contributed by atoms with Gasteiger partial charge in [0.25, 0.3) is 0 Å². The monoisotopic (exact) mass is 410 g/mol. The van der Waals surface area contributed by atoms with Crippen LogP contribution in [0.4, 0.5) is 0 Å². The van der Waals surface area contributed by atoms with E-state index in [2.05, 4.69) is 32.0 Å². The maximum atomic E-state index is 13.1. The van der Waals surface area contributed by atoms with E-state index in [9.17, 15) is 4.79 Å². The predicted octanol–water partition coefficient (Wildman–Crippen LogP) is 2.15. The molecule has 0 aromatic carbocycles. The molecule has 30 heavy (non-hydrogen) atoms. The van der Waals surface area contributed by atoms with Gasteiger partial charge >= 0.3 is 0 Å². The van der Waals surface area contributed by atoms with Gasteiger partial charge in [-0.25, -0.2) is 0 Å². The van der Waals surface area contributed by atoms with Crippen molar-refractivity contribution < 1.29 is 4.79 Å². The number of pyridine rings is 1. The van der Waals surface area contributed by atoms with Gasteiger partial charge in [0.2, 0.25) is 5.91 Å². The third kappa shape index (κ3) is 5.26. The Hall–Kier alpha value is -2.25. The summed E-state index contributed by atoms with van der Waals surface area (Å²) in [6.45, 7) is 5.94. The molecule has 2 aromatic heterocycles. The van der Waals surface area contributed by atoms with Crippen molar-refractivity contribution in [3.63, 3.8) is 0 Å². The van der Waals surface area contributed by atoms with E-state index >= 15 is 0 Å². The molecule has 2 fully saturated rings. The summed E-state index contributed by atoms with van der Waals surface area (Å²) in [4.78, 5) is 24.2. The van der Waals surface area contributed by atoms with Crippen LogP contribution >= 0.6 is 0 Å². The van der Waals surface area contributed by atoms with E-state index in [1.807, 2.05) is 43.8 Å². The van der Waals surface area contributed by atoms with E-state index in [1.54, 1.807) is 4.68 Å². The van der Waals surface area contributed by atoms with Crippen LogP contribution in [0, 0.1) is 5.92 Å². The Morgan fingerprint density at radius 1 is 1.13 bits per heavy atom. The number of aryl methyl sites for hydroxylation is 1. The van der Waals surface area contributed by atoms with Gasteiger partial charge in [0.15, 0.2) is 0 Å². The van der Waals surface area contributed by atoms with Crippen molar-refractivity contribution in [2.75, 3.05) is 33.2 Å². The average Bonchev–Trinajstić information content (AvgIpc) is 3.19. The molecule has 2 saturated heterocycles. The predicted molar refractivity (Wildman–Crippen MR) is 117 cm³/mol. The number of aromatic nitrogens is 3. The average molecular weight is 411 g/mol. The lowest BCUT2D eigenvalue weighted by Crippen LogP contribution is -2.50. The first-order valence-corrected chi connectivity index (χ1v) is 11.2. The first-order chi connectivity index (χ1) is 14.6. The summed E-state index contributed by atoms with van der Waals surface area (Å²) in [5, 5.41) is 4.21. The maximum Gasteiger partial charge on any atom is 0.227 e. The number of hydrogen-bond donors (Lipinski definition) is 0. The summed E-state index contributed by atoms with van der Waals surface area (Å²) in [5.74, 6) is 0.397. The minimum atomic E-state index is 0.121. The van der Waals surface area contributed by atoms with E-state index < -0.39 is 0 Å². The fourth-order valence-electron chi connectivity index (χ4n) is 4.95. The first-order valence-electron chi connectivity index (χ1n) is 11.2. The van der Waals surface area contributed by atoms with Crippen molar-refractivity contribution >= 4 is 5.91 Å². The molecule has 7 nitrogen and oxygen atoms in total. The minimum absolute atomic E-state index is 0.121. The molecule has 7 heteroatoms. The smallest absolute Gasteiger partial charge is 0.227 e. The van der Waals surface area contributed by atoms with Crippen molar-refractivity contribution in [1.82, 2.24) is 29.5 Å². The van der Waals surface area contributed by atoms with Crippen molar-refractivity contribution in [2.24, 2.45) is 13.0 Å². The summed E-state index contributed by atoms with van der Waals surface area (Å²) in [6.07, 6.45) is 12.1. The second-order valence-electron chi connectivity index (χ2n) is 8.91. The third-order valence-electron chi connectivity index (χ3n) is 6.59. The van der Waals surface area contributed by atoms with Crippen molar-refractivity contribution in [2.45, 2.75) is 44.8 Å². The highest BCUT2D eigenvalue weighted by Gasteiger charge is 2.32. The number of nitrogens with zero attached hydrogens (tertiary/aromatic N) is 6. The van der Waals surface area contributed by atoms with Gasteiger partial charge in [0.1, 0.15) is 0 Å². The second-order valence-corrected chi connectivity index (χ2v) is 8.91. The van der Waals surface area contributed by atoms with Crippen LogP contribution in [-0.4, -0.2) is 74.6 Å². The van der Waals surface area contributed by atoms with Crippen molar-refractivity contribution in [3.8, 4) is 0 Å². The van der Waals surface area contributed by atoms with E-state index in [4.69, 9.17) is 0 Å².